The van der Waals surface area contributed by atoms with Crippen molar-refractivity contribution in [2.75, 3.05) is 31.8 Å². The smallest absolute Gasteiger partial charge is 0.316 e. The van der Waals surface area contributed by atoms with Gasteiger partial charge >= 0.3 is 5.97 Å². The first kappa shape index (κ1) is 25.0. The molecule has 1 aliphatic heterocycles. The second kappa shape index (κ2) is 11.5. The topological polar surface area (TPSA) is 54.0 Å². The molecule has 0 N–H and O–H groups in total. The quantitative estimate of drug-likeness (QED) is 0.243. The van der Waals surface area contributed by atoms with Crippen molar-refractivity contribution in [2.45, 2.75) is 33.3 Å². The predicted molar refractivity (Wildman–Crippen MR) is 141 cm³/mol. The number of thioether (sulfide) groups is 1. The predicted octanol–water partition coefficient (Wildman–Crippen LogP) is 6.33. The number of methoxy groups -OCH3 is 1. The van der Waals surface area contributed by atoms with Crippen LogP contribution in [-0.4, -0.2) is 37.8 Å². The Morgan fingerprint density at radius 1 is 1.03 bits per heavy atom. The molecule has 0 bridgehead atoms. The average Bonchev–Trinajstić information content (AvgIpc) is 3.28. The molecule has 6 heteroatoms. The Hall–Kier alpha value is -3.12. The van der Waals surface area contributed by atoms with Crippen LogP contribution in [0.5, 0.6) is 17.2 Å². The van der Waals surface area contributed by atoms with E-state index in [1.54, 1.807) is 0 Å². The van der Waals surface area contributed by atoms with Crippen LogP contribution < -0.4 is 14.2 Å². The maximum Gasteiger partial charge on any atom is 0.316 e. The summed E-state index contributed by atoms with van der Waals surface area (Å²) in [6, 6.07) is 18.3. The third-order valence-electron chi connectivity index (χ3n) is 6.08. The molecule has 5 nitrogen and oxygen atoms in total. The SMILES string of the molecule is CCSCCOc1cc(C)c(-c2cccc(COc3ccc4c(c3)OCC4C(=O)OC)c2)c(C)c1. The van der Waals surface area contributed by atoms with Gasteiger partial charge in [0.15, 0.2) is 0 Å². The lowest BCUT2D eigenvalue weighted by atomic mass is 9.94. The molecule has 3 aromatic carbocycles. The molecule has 1 atom stereocenters. The number of aryl methyl sites for hydroxylation is 2. The molecule has 0 radical (unpaired) electrons. The van der Waals surface area contributed by atoms with Gasteiger partial charge in [0.1, 0.15) is 36.4 Å². The summed E-state index contributed by atoms with van der Waals surface area (Å²) in [6.07, 6.45) is 0. The molecular weight excluding hydrogens is 460 g/mol. The lowest BCUT2D eigenvalue weighted by Crippen LogP contribution is -2.15. The molecule has 0 amide bonds. The van der Waals surface area contributed by atoms with Crippen molar-refractivity contribution in [2.24, 2.45) is 0 Å². The summed E-state index contributed by atoms with van der Waals surface area (Å²) in [6.45, 7) is 7.88. The molecule has 3 aromatic rings. The van der Waals surface area contributed by atoms with Crippen LogP contribution in [0.25, 0.3) is 11.1 Å². The zero-order chi connectivity index (χ0) is 24.8. The molecule has 0 fully saturated rings. The van der Waals surface area contributed by atoms with Crippen molar-refractivity contribution in [3.63, 3.8) is 0 Å². The molecule has 0 aromatic heterocycles. The highest BCUT2D eigenvalue weighted by atomic mass is 32.2. The molecular formula is C29H32O5S. The van der Waals surface area contributed by atoms with Crippen molar-refractivity contribution in [1.82, 2.24) is 0 Å². The van der Waals surface area contributed by atoms with Gasteiger partial charge in [-0.15, -0.1) is 0 Å². The number of benzene rings is 3. The van der Waals surface area contributed by atoms with Gasteiger partial charge in [0.05, 0.1) is 13.7 Å². The second-order valence-corrected chi connectivity index (χ2v) is 9.95. The Kier molecular flexibility index (Phi) is 8.24. The maximum absolute atomic E-state index is 11.9. The third-order valence-corrected chi connectivity index (χ3v) is 6.94. The van der Waals surface area contributed by atoms with E-state index in [2.05, 4.69) is 57.2 Å². The van der Waals surface area contributed by atoms with Gasteiger partial charge in [-0.3, -0.25) is 4.79 Å². The van der Waals surface area contributed by atoms with Crippen LogP contribution in [0.2, 0.25) is 0 Å². The number of carbonyl (C=O) groups is 1. The standard InChI is InChI=1S/C29H32O5S/c1-5-35-12-11-32-24-13-19(2)28(20(3)14-24)22-8-6-7-21(15-22)17-33-23-9-10-25-26(29(30)31-4)18-34-27(25)16-23/h6-10,13-16,26H,5,11-12,17-18H2,1-4H3. The van der Waals surface area contributed by atoms with Gasteiger partial charge in [-0.25, -0.2) is 0 Å². The molecule has 0 aliphatic carbocycles. The van der Waals surface area contributed by atoms with Gasteiger partial charge in [0.25, 0.3) is 0 Å². The van der Waals surface area contributed by atoms with Gasteiger partial charge in [-0.05, 0) is 71.7 Å². The van der Waals surface area contributed by atoms with Crippen molar-refractivity contribution in [3.8, 4) is 28.4 Å². The number of esters is 1. The Morgan fingerprint density at radius 2 is 1.83 bits per heavy atom. The third kappa shape index (κ3) is 5.93. The van der Waals surface area contributed by atoms with Crippen molar-refractivity contribution in [3.05, 3.63) is 76.9 Å². The number of fused-ring (bicyclic) bond motifs is 1. The minimum absolute atomic E-state index is 0.282. The second-order valence-electron chi connectivity index (χ2n) is 8.55. The normalized spacial score (nSPS) is 14.2. The van der Waals surface area contributed by atoms with E-state index in [0.29, 0.717) is 24.7 Å². The van der Waals surface area contributed by atoms with Gasteiger partial charge in [-0.2, -0.15) is 11.8 Å². The Morgan fingerprint density at radius 3 is 2.57 bits per heavy atom. The first-order valence-electron chi connectivity index (χ1n) is 11.9. The molecule has 0 saturated heterocycles. The van der Waals surface area contributed by atoms with Crippen LogP contribution in [0, 0.1) is 13.8 Å². The van der Waals surface area contributed by atoms with Crippen LogP contribution in [0.3, 0.4) is 0 Å². The average molecular weight is 493 g/mol. The van der Waals surface area contributed by atoms with Crippen LogP contribution >= 0.6 is 11.8 Å². The zero-order valence-corrected chi connectivity index (χ0v) is 21.6. The number of rotatable bonds is 10. The monoisotopic (exact) mass is 492 g/mol. The van der Waals surface area contributed by atoms with Crippen molar-refractivity contribution < 1.29 is 23.7 Å². The largest absolute Gasteiger partial charge is 0.493 e. The maximum atomic E-state index is 11.9. The van der Waals surface area contributed by atoms with Crippen LogP contribution in [0.4, 0.5) is 0 Å². The molecule has 1 heterocycles. The highest BCUT2D eigenvalue weighted by Gasteiger charge is 2.31. The highest BCUT2D eigenvalue weighted by Crippen LogP contribution is 2.37. The molecule has 35 heavy (non-hydrogen) atoms. The van der Waals surface area contributed by atoms with Gasteiger partial charge in [0, 0.05) is 17.4 Å². The van der Waals surface area contributed by atoms with Crippen LogP contribution in [0.1, 0.15) is 35.1 Å². The Bertz CT molecular complexity index is 1170. The van der Waals surface area contributed by atoms with Gasteiger partial charge < -0.3 is 18.9 Å². The first-order chi connectivity index (χ1) is 17.0. The van der Waals surface area contributed by atoms with Crippen LogP contribution in [-0.2, 0) is 16.1 Å². The van der Waals surface area contributed by atoms with Gasteiger partial charge in [-0.1, -0.05) is 31.2 Å². The van der Waals surface area contributed by atoms with Gasteiger partial charge in [0.2, 0.25) is 0 Å². The molecule has 0 spiro atoms. The summed E-state index contributed by atoms with van der Waals surface area (Å²) in [5.41, 5.74) is 6.68. The molecule has 0 saturated carbocycles. The first-order valence-corrected chi connectivity index (χ1v) is 13.0. The van der Waals surface area contributed by atoms with E-state index in [-0.39, 0.29) is 11.9 Å². The lowest BCUT2D eigenvalue weighted by molar-refractivity contribution is -0.142. The lowest BCUT2D eigenvalue weighted by Gasteiger charge is -2.15. The van der Waals surface area contributed by atoms with E-state index in [9.17, 15) is 4.79 Å². The van der Waals surface area contributed by atoms with E-state index in [1.807, 2.05) is 30.0 Å². The Labute approximate surface area is 211 Å². The summed E-state index contributed by atoms with van der Waals surface area (Å²) in [5.74, 6) is 3.75. The number of hydrogen-bond acceptors (Lipinski definition) is 6. The van der Waals surface area contributed by atoms with E-state index >= 15 is 0 Å². The minimum atomic E-state index is -0.376. The highest BCUT2D eigenvalue weighted by molar-refractivity contribution is 7.99. The van der Waals surface area contributed by atoms with Crippen molar-refractivity contribution in [1.29, 1.82) is 0 Å². The summed E-state index contributed by atoms with van der Waals surface area (Å²) < 4.78 is 22.6. The fraction of sp³-hybridized carbons (Fsp3) is 0.345. The zero-order valence-electron chi connectivity index (χ0n) is 20.8. The number of hydrogen-bond donors (Lipinski definition) is 0. The van der Waals surface area contributed by atoms with Crippen molar-refractivity contribution >= 4 is 17.7 Å². The molecule has 1 unspecified atom stereocenters. The summed E-state index contributed by atoms with van der Waals surface area (Å²) in [4.78, 5) is 11.9. The fourth-order valence-electron chi connectivity index (χ4n) is 4.43. The summed E-state index contributed by atoms with van der Waals surface area (Å²) in [7, 11) is 1.39. The van der Waals surface area contributed by atoms with E-state index < -0.39 is 0 Å². The number of ether oxygens (including phenoxy) is 4. The minimum Gasteiger partial charge on any atom is -0.493 e. The van der Waals surface area contributed by atoms with E-state index in [1.165, 1.54) is 23.8 Å². The van der Waals surface area contributed by atoms with E-state index in [0.717, 1.165) is 40.6 Å². The van der Waals surface area contributed by atoms with Crippen LogP contribution in [0.15, 0.2) is 54.6 Å². The molecule has 1 aliphatic rings. The van der Waals surface area contributed by atoms with E-state index in [4.69, 9.17) is 18.9 Å². The number of carbonyl (C=O) groups excluding carboxylic acids is 1. The Balaban J connectivity index is 1.44. The molecule has 4 rings (SSSR count). The summed E-state index contributed by atoms with van der Waals surface area (Å²) >= 11 is 1.89. The summed E-state index contributed by atoms with van der Waals surface area (Å²) in [5, 5.41) is 0. The fourth-order valence-corrected chi connectivity index (χ4v) is 4.92. The molecule has 184 valence electrons.